The summed E-state index contributed by atoms with van der Waals surface area (Å²) in [5.41, 5.74) is -0.390. The number of carbonyl (C=O) groups is 3. The molecule has 1 aliphatic heterocycles. The van der Waals surface area contributed by atoms with Crippen LogP contribution in [0.15, 0.2) is 53.4 Å². The molecule has 1 aliphatic rings. The highest BCUT2D eigenvalue weighted by Gasteiger charge is 2.43. The average molecular weight is 437 g/mol. The molecule has 11 heteroatoms. The molecule has 4 amide bonds. The molecule has 1 saturated heterocycles. The van der Waals surface area contributed by atoms with Crippen molar-refractivity contribution in [3.05, 3.63) is 59.1 Å². The van der Waals surface area contributed by atoms with Gasteiger partial charge in [0.15, 0.2) is 0 Å². The Morgan fingerprint density at radius 2 is 1.69 bits per heavy atom. The smallest absolute Gasteiger partial charge is 0.322 e. The van der Waals surface area contributed by atoms with E-state index in [2.05, 4.69) is 20.7 Å². The van der Waals surface area contributed by atoms with Crippen molar-refractivity contribution in [2.45, 2.75) is 17.4 Å². The fraction of sp³-hybridized carbons (Fsp3) is 0.167. The maximum atomic E-state index is 12.4. The Balaban J connectivity index is 1.65. The molecule has 3 rings (SSSR count). The van der Waals surface area contributed by atoms with Gasteiger partial charge in [0.1, 0.15) is 5.54 Å². The second kappa shape index (κ2) is 7.82. The fourth-order valence-corrected chi connectivity index (χ4v) is 3.80. The minimum atomic E-state index is -3.96. The molecule has 2 aromatic carbocycles. The predicted molar refractivity (Wildman–Crippen MR) is 106 cm³/mol. The van der Waals surface area contributed by atoms with Gasteiger partial charge in [0.2, 0.25) is 15.9 Å². The van der Waals surface area contributed by atoms with Crippen LogP contribution in [0.3, 0.4) is 0 Å². The lowest BCUT2D eigenvalue weighted by molar-refractivity contribution is -0.123. The first kappa shape index (κ1) is 20.8. The van der Waals surface area contributed by atoms with Crippen molar-refractivity contribution in [3.63, 3.8) is 0 Å². The van der Waals surface area contributed by atoms with Gasteiger partial charge >= 0.3 is 6.03 Å². The number of carbonyl (C=O) groups excluding carboxylic acids is 3. The fourth-order valence-electron chi connectivity index (χ4n) is 2.70. The van der Waals surface area contributed by atoms with E-state index < -0.39 is 40.0 Å². The maximum absolute atomic E-state index is 12.4. The highest BCUT2D eigenvalue weighted by Crippen LogP contribution is 2.25. The quantitative estimate of drug-likeness (QED) is 0.506. The summed E-state index contributed by atoms with van der Waals surface area (Å²) in [6, 6.07) is 11.2. The third-order valence-corrected chi connectivity index (χ3v) is 6.01. The number of rotatable bonds is 6. The molecular formula is C18H17ClN4O5S. The molecule has 1 atom stereocenters. The minimum absolute atomic E-state index is 0.0890. The molecule has 0 radical (unpaired) electrons. The molecule has 0 bridgehead atoms. The van der Waals surface area contributed by atoms with E-state index in [1.807, 2.05) is 0 Å². The zero-order chi connectivity index (χ0) is 21.2. The predicted octanol–water partition coefficient (Wildman–Crippen LogP) is 1.31. The van der Waals surface area contributed by atoms with Gasteiger partial charge in [0, 0.05) is 10.7 Å². The third-order valence-electron chi connectivity index (χ3n) is 4.34. The zero-order valence-corrected chi connectivity index (χ0v) is 16.7. The average Bonchev–Trinajstić information content (AvgIpc) is 2.95. The Morgan fingerprint density at radius 3 is 2.24 bits per heavy atom. The van der Waals surface area contributed by atoms with Crippen LogP contribution in [0, 0.1) is 0 Å². The number of hydrogen-bond acceptors (Lipinski definition) is 5. The van der Waals surface area contributed by atoms with Gasteiger partial charge in [0.25, 0.3) is 5.91 Å². The van der Waals surface area contributed by atoms with Gasteiger partial charge in [-0.15, -0.1) is 0 Å². The van der Waals surface area contributed by atoms with Crippen molar-refractivity contribution in [2.75, 3.05) is 11.9 Å². The molecule has 9 nitrogen and oxygen atoms in total. The van der Waals surface area contributed by atoms with Crippen molar-refractivity contribution in [1.29, 1.82) is 0 Å². The maximum Gasteiger partial charge on any atom is 0.322 e. The molecule has 4 N–H and O–H groups in total. The van der Waals surface area contributed by atoms with Gasteiger partial charge in [-0.2, -0.15) is 0 Å². The summed E-state index contributed by atoms with van der Waals surface area (Å²) in [5, 5.41) is 7.68. The molecule has 1 unspecified atom stereocenters. The van der Waals surface area contributed by atoms with Crippen molar-refractivity contribution in [3.8, 4) is 0 Å². The van der Waals surface area contributed by atoms with Crippen LogP contribution < -0.4 is 20.7 Å². The molecule has 0 spiro atoms. The van der Waals surface area contributed by atoms with Crippen molar-refractivity contribution >= 4 is 45.2 Å². The van der Waals surface area contributed by atoms with Crippen LogP contribution in [0.25, 0.3) is 0 Å². The Hall–Kier alpha value is -2.95. The summed E-state index contributed by atoms with van der Waals surface area (Å²) in [5.74, 6) is -1.08. The lowest BCUT2D eigenvalue weighted by Gasteiger charge is -2.21. The number of imide groups is 1. The van der Waals surface area contributed by atoms with E-state index in [0.717, 1.165) is 0 Å². The molecule has 29 heavy (non-hydrogen) atoms. The van der Waals surface area contributed by atoms with Gasteiger partial charge in [-0.25, -0.2) is 17.9 Å². The van der Waals surface area contributed by atoms with E-state index in [-0.39, 0.29) is 4.90 Å². The third kappa shape index (κ3) is 4.56. The topological polar surface area (TPSA) is 133 Å². The number of anilines is 1. The Bertz CT molecular complexity index is 1070. The summed E-state index contributed by atoms with van der Waals surface area (Å²) < 4.78 is 27.0. The van der Waals surface area contributed by atoms with Crippen LogP contribution in [0.4, 0.5) is 10.5 Å². The second-order valence-electron chi connectivity index (χ2n) is 6.44. The van der Waals surface area contributed by atoms with E-state index in [4.69, 9.17) is 11.6 Å². The van der Waals surface area contributed by atoms with Gasteiger partial charge in [-0.05, 0) is 48.9 Å². The summed E-state index contributed by atoms with van der Waals surface area (Å²) >= 11 is 5.77. The van der Waals surface area contributed by atoms with Crippen molar-refractivity contribution < 1.29 is 22.8 Å². The second-order valence-corrected chi connectivity index (χ2v) is 8.64. The van der Waals surface area contributed by atoms with E-state index in [9.17, 15) is 22.8 Å². The van der Waals surface area contributed by atoms with E-state index in [1.165, 1.54) is 31.2 Å². The molecular weight excluding hydrogens is 420 g/mol. The van der Waals surface area contributed by atoms with Crippen LogP contribution >= 0.6 is 11.6 Å². The van der Waals surface area contributed by atoms with Crippen LogP contribution in [-0.4, -0.2) is 32.8 Å². The van der Waals surface area contributed by atoms with E-state index >= 15 is 0 Å². The van der Waals surface area contributed by atoms with E-state index in [1.54, 1.807) is 24.3 Å². The first-order valence-electron chi connectivity index (χ1n) is 8.39. The Kier molecular flexibility index (Phi) is 5.60. The number of sulfonamides is 1. The summed E-state index contributed by atoms with van der Waals surface area (Å²) in [7, 11) is -3.96. The van der Waals surface area contributed by atoms with E-state index in [0.29, 0.717) is 16.3 Å². The van der Waals surface area contributed by atoms with Crippen LogP contribution in [0.2, 0.25) is 5.02 Å². The molecule has 2 aromatic rings. The van der Waals surface area contributed by atoms with Gasteiger partial charge in [-0.1, -0.05) is 23.7 Å². The van der Waals surface area contributed by atoms with Crippen molar-refractivity contribution in [1.82, 2.24) is 15.4 Å². The number of amides is 4. The largest absolute Gasteiger partial charge is 0.325 e. The Labute approximate surface area is 171 Å². The molecule has 1 fully saturated rings. The number of nitrogens with one attached hydrogen (secondary N) is 4. The minimum Gasteiger partial charge on any atom is -0.325 e. The lowest BCUT2D eigenvalue weighted by Crippen LogP contribution is -2.40. The summed E-state index contributed by atoms with van der Waals surface area (Å²) in [4.78, 5) is 35.2. The normalized spacial score (nSPS) is 18.8. The highest BCUT2D eigenvalue weighted by molar-refractivity contribution is 7.89. The summed E-state index contributed by atoms with van der Waals surface area (Å²) in [6.07, 6.45) is 0. The number of benzene rings is 2. The number of urea groups is 1. The molecule has 0 saturated carbocycles. The first-order valence-corrected chi connectivity index (χ1v) is 10.3. The van der Waals surface area contributed by atoms with Gasteiger partial charge < -0.3 is 10.6 Å². The SMILES string of the molecule is CC1(c2ccc(S(=O)(=O)NCC(=O)Nc3ccc(Cl)cc3)cc2)NC(=O)NC1=O. The standard InChI is InChI=1S/C18H17ClN4O5S/c1-18(16(25)22-17(26)23-18)11-2-8-14(9-3-11)29(27,28)20-10-15(24)21-13-6-4-12(19)5-7-13/h2-9,20H,10H2,1H3,(H,21,24)(H2,22,23,25,26). The lowest BCUT2D eigenvalue weighted by atomic mass is 9.92. The zero-order valence-electron chi connectivity index (χ0n) is 15.2. The van der Waals surface area contributed by atoms with Crippen LogP contribution in [0.1, 0.15) is 12.5 Å². The molecule has 0 aliphatic carbocycles. The van der Waals surface area contributed by atoms with Gasteiger partial charge in [-0.3, -0.25) is 14.9 Å². The molecule has 1 heterocycles. The van der Waals surface area contributed by atoms with Crippen molar-refractivity contribution in [2.24, 2.45) is 0 Å². The molecule has 152 valence electrons. The Morgan fingerprint density at radius 1 is 1.07 bits per heavy atom. The summed E-state index contributed by atoms with van der Waals surface area (Å²) in [6.45, 7) is 1.04. The van der Waals surface area contributed by atoms with Crippen LogP contribution in [-0.2, 0) is 25.2 Å². The highest BCUT2D eigenvalue weighted by atomic mass is 35.5. The van der Waals surface area contributed by atoms with Crippen LogP contribution in [0.5, 0.6) is 0 Å². The van der Waals surface area contributed by atoms with Gasteiger partial charge in [0.05, 0.1) is 11.4 Å². The molecule has 0 aromatic heterocycles. The first-order chi connectivity index (χ1) is 13.6. The number of hydrogen-bond donors (Lipinski definition) is 4. The number of halogens is 1. The monoisotopic (exact) mass is 436 g/mol.